The molecule has 28 heavy (non-hydrogen) atoms. The maximum atomic E-state index is 11.9. The van der Waals surface area contributed by atoms with Gasteiger partial charge in [0.1, 0.15) is 5.69 Å². The van der Waals surface area contributed by atoms with E-state index in [1.54, 1.807) is 19.2 Å². The summed E-state index contributed by atoms with van der Waals surface area (Å²) in [6.45, 7) is 1.56. The number of methoxy groups -OCH3 is 2. The van der Waals surface area contributed by atoms with Gasteiger partial charge in [-0.3, -0.25) is 0 Å². The summed E-state index contributed by atoms with van der Waals surface area (Å²) in [5.74, 6) is 0.455. The van der Waals surface area contributed by atoms with Gasteiger partial charge in [-0.1, -0.05) is 30.3 Å². The molecule has 1 aliphatic heterocycles. The highest BCUT2D eigenvalue weighted by Gasteiger charge is 2.29. The molecule has 1 saturated heterocycles. The molecule has 2 heterocycles. The van der Waals surface area contributed by atoms with Crippen molar-refractivity contribution in [3.63, 3.8) is 0 Å². The predicted octanol–water partition coefficient (Wildman–Crippen LogP) is 3.70. The minimum atomic E-state index is -0.379. The summed E-state index contributed by atoms with van der Waals surface area (Å²) < 4.78 is 10.3. The summed E-state index contributed by atoms with van der Waals surface area (Å²) in [4.78, 5) is 24.1. The van der Waals surface area contributed by atoms with Crippen molar-refractivity contribution in [1.82, 2.24) is 9.97 Å². The summed E-state index contributed by atoms with van der Waals surface area (Å²) >= 11 is 0. The van der Waals surface area contributed by atoms with Crippen molar-refractivity contribution in [2.45, 2.75) is 18.9 Å². The molecule has 0 spiro atoms. The maximum Gasteiger partial charge on any atom is 0.337 e. The van der Waals surface area contributed by atoms with Crippen LogP contribution in [-0.4, -0.2) is 49.4 Å². The minimum absolute atomic E-state index is 0.267. The van der Waals surface area contributed by atoms with E-state index in [-0.39, 0.29) is 12.0 Å². The van der Waals surface area contributed by atoms with Crippen LogP contribution in [0, 0.1) is 0 Å². The lowest BCUT2D eigenvalue weighted by atomic mass is 10.1. The summed E-state index contributed by atoms with van der Waals surface area (Å²) in [6.07, 6.45) is 2.15. The molecule has 3 aromatic rings. The molecule has 0 aliphatic carbocycles. The first-order valence-electron chi connectivity index (χ1n) is 9.42. The van der Waals surface area contributed by atoms with E-state index in [0.29, 0.717) is 17.7 Å². The Balaban J connectivity index is 1.89. The number of benzene rings is 2. The molecule has 0 amide bonds. The number of hydrogen-bond donors (Lipinski definition) is 0. The number of anilines is 1. The summed E-state index contributed by atoms with van der Waals surface area (Å²) in [7, 11) is 3.10. The third-order valence-electron chi connectivity index (χ3n) is 5.12. The van der Waals surface area contributed by atoms with Gasteiger partial charge in [-0.15, -0.1) is 0 Å². The SMILES string of the molecule is COC[C@@H]1CCCN1c1nc2cc(C(=O)OC)ccc2nc1-c1ccccc1. The van der Waals surface area contributed by atoms with Crippen molar-refractivity contribution in [3.05, 3.63) is 54.1 Å². The second kappa shape index (κ2) is 7.94. The number of rotatable bonds is 5. The zero-order chi connectivity index (χ0) is 19.5. The van der Waals surface area contributed by atoms with Crippen molar-refractivity contribution in [1.29, 1.82) is 0 Å². The fourth-order valence-electron chi connectivity index (χ4n) is 3.76. The van der Waals surface area contributed by atoms with Crippen molar-refractivity contribution >= 4 is 22.8 Å². The number of hydrogen-bond acceptors (Lipinski definition) is 6. The monoisotopic (exact) mass is 377 g/mol. The molecule has 1 aliphatic rings. The van der Waals surface area contributed by atoms with Gasteiger partial charge in [0.05, 0.1) is 36.4 Å². The lowest BCUT2D eigenvalue weighted by Crippen LogP contribution is -2.34. The lowest BCUT2D eigenvalue weighted by Gasteiger charge is -2.27. The summed E-state index contributed by atoms with van der Waals surface area (Å²) in [5, 5.41) is 0. The number of ether oxygens (including phenoxy) is 2. The number of fused-ring (bicyclic) bond motifs is 1. The van der Waals surface area contributed by atoms with Crippen LogP contribution in [0.3, 0.4) is 0 Å². The third kappa shape index (κ3) is 3.43. The van der Waals surface area contributed by atoms with Crippen LogP contribution in [0.25, 0.3) is 22.3 Å². The van der Waals surface area contributed by atoms with Gasteiger partial charge in [0, 0.05) is 19.2 Å². The molecule has 1 atom stereocenters. The number of carbonyl (C=O) groups excluding carboxylic acids is 1. The first-order valence-corrected chi connectivity index (χ1v) is 9.42. The predicted molar refractivity (Wildman–Crippen MR) is 109 cm³/mol. The number of esters is 1. The quantitative estimate of drug-likeness (QED) is 0.632. The second-order valence-electron chi connectivity index (χ2n) is 6.90. The van der Waals surface area contributed by atoms with Crippen molar-refractivity contribution in [3.8, 4) is 11.3 Å². The van der Waals surface area contributed by atoms with Crippen LogP contribution in [0.15, 0.2) is 48.5 Å². The van der Waals surface area contributed by atoms with Crippen LogP contribution in [-0.2, 0) is 9.47 Å². The zero-order valence-corrected chi connectivity index (χ0v) is 16.1. The van der Waals surface area contributed by atoms with Crippen molar-refractivity contribution in [2.75, 3.05) is 32.3 Å². The molecule has 6 heteroatoms. The Morgan fingerprint density at radius 2 is 1.93 bits per heavy atom. The number of nitrogens with zero attached hydrogens (tertiary/aromatic N) is 3. The molecular formula is C22H23N3O3. The highest BCUT2D eigenvalue weighted by atomic mass is 16.5. The highest BCUT2D eigenvalue weighted by Crippen LogP contribution is 2.34. The van der Waals surface area contributed by atoms with Crippen LogP contribution in [0.5, 0.6) is 0 Å². The molecule has 144 valence electrons. The molecule has 1 aromatic heterocycles. The van der Waals surface area contributed by atoms with E-state index in [9.17, 15) is 4.79 Å². The molecule has 0 radical (unpaired) electrons. The van der Waals surface area contributed by atoms with E-state index < -0.39 is 0 Å². The largest absolute Gasteiger partial charge is 0.465 e. The molecule has 0 saturated carbocycles. The fraction of sp³-hybridized carbons (Fsp3) is 0.318. The van der Waals surface area contributed by atoms with Gasteiger partial charge < -0.3 is 14.4 Å². The Labute approximate surface area is 164 Å². The first kappa shape index (κ1) is 18.4. The molecule has 2 aromatic carbocycles. The Morgan fingerprint density at radius 1 is 1.11 bits per heavy atom. The van der Waals surface area contributed by atoms with E-state index in [1.807, 2.05) is 36.4 Å². The van der Waals surface area contributed by atoms with Crippen LogP contribution in [0.2, 0.25) is 0 Å². The van der Waals surface area contributed by atoms with Crippen molar-refractivity contribution in [2.24, 2.45) is 0 Å². The Hall–Kier alpha value is -2.99. The van der Waals surface area contributed by atoms with Gasteiger partial charge in [0.15, 0.2) is 5.82 Å². The van der Waals surface area contributed by atoms with Crippen LogP contribution < -0.4 is 4.90 Å². The minimum Gasteiger partial charge on any atom is -0.465 e. The van der Waals surface area contributed by atoms with E-state index in [1.165, 1.54) is 7.11 Å². The van der Waals surface area contributed by atoms with Crippen molar-refractivity contribution < 1.29 is 14.3 Å². The standard InChI is InChI=1S/C22H23N3O3/c1-27-14-17-9-6-12-25(17)21-20(15-7-4-3-5-8-15)23-18-11-10-16(22(26)28-2)13-19(18)24-21/h3-5,7-8,10-11,13,17H,6,9,12,14H2,1-2H3/t17-/m0/s1. The molecule has 0 bridgehead atoms. The van der Waals surface area contributed by atoms with Gasteiger partial charge >= 0.3 is 5.97 Å². The Kier molecular flexibility index (Phi) is 5.21. The van der Waals surface area contributed by atoms with E-state index in [0.717, 1.165) is 42.0 Å². The highest BCUT2D eigenvalue weighted by molar-refractivity contribution is 5.94. The number of carbonyl (C=O) groups is 1. The molecular weight excluding hydrogens is 354 g/mol. The molecule has 0 N–H and O–H groups in total. The van der Waals surface area contributed by atoms with Crippen LogP contribution in [0.1, 0.15) is 23.2 Å². The topological polar surface area (TPSA) is 64.5 Å². The first-order chi connectivity index (χ1) is 13.7. The third-order valence-corrected chi connectivity index (χ3v) is 5.12. The second-order valence-corrected chi connectivity index (χ2v) is 6.90. The average molecular weight is 377 g/mol. The number of aromatic nitrogens is 2. The molecule has 0 unspecified atom stereocenters. The molecule has 1 fully saturated rings. The van der Waals surface area contributed by atoms with Gasteiger partial charge in [-0.05, 0) is 31.0 Å². The van der Waals surface area contributed by atoms with Crippen LogP contribution in [0.4, 0.5) is 5.82 Å². The molecule has 6 nitrogen and oxygen atoms in total. The van der Waals surface area contributed by atoms with E-state index in [4.69, 9.17) is 19.4 Å². The Morgan fingerprint density at radius 3 is 2.68 bits per heavy atom. The van der Waals surface area contributed by atoms with Gasteiger partial charge in [-0.25, -0.2) is 14.8 Å². The fourth-order valence-corrected chi connectivity index (χ4v) is 3.76. The lowest BCUT2D eigenvalue weighted by molar-refractivity contribution is 0.0601. The maximum absolute atomic E-state index is 11.9. The normalized spacial score (nSPS) is 16.5. The summed E-state index contributed by atoms with van der Waals surface area (Å²) in [5.41, 5.74) is 3.77. The average Bonchev–Trinajstić information content (AvgIpc) is 3.21. The van der Waals surface area contributed by atoms with E-state index >= 15 is 0 Å². The smallest absolute Gasteiger partial charge is 0.337 e. The molecule has 4 rings (SSSR count). The van der Waals surface area contributed by atoms with Gasteiger partial charge in [0.25, 0.3) is 0 Å². The summed E-state index contributed by atoms with van der Waals surface area (Å²) in [6, 6.07) is 15.6. The zero-order valence-electron chi connectivity index (χ0n) is 16.1. The van der Waals surface area contributed by atoms with Crippen LogP contribution >= 0.6 is 0 Å². The Bertz CT molecular complexity index is 991. The van der Waals surface area contributed by atoms with Gasteiger partial charge in [-0.2, -0.15) is 0 Å². The van der Waals surface area contributed by atoms with Gasteiger partial charge in [0.2, 0.25) is 0 Å². The van der Waals surface area contributed by atoms with E-state index in [2.05, 4.69) is 4.90 Å².